The average molecular weight is 687 g/mol. The molecule has 3 atom stereocenters. The van der Waals surface area contributed by atoms with Crippen molar-refractivity contribution in [3.8, 4) is 0 Å². The molecule has 0 aromatic heterocycles. The second kappa shape index (κ2) is 16.0. The molecule has 3 N–H and O–H groups in total. The predicted octanol–water partition coefficient (Wildman–Crippen LogP) is 2.02. The van der Waals surface area contributed by atoms with Crippen LogP contribution >= 0.6 is 12.6 Å². The minimum Gasteiger partial charge on any atom is -0.444 e. The standard InChI is InChI=1S/C29H34N8O10S/c1-33-14-23(48)12-24(33)26(39)34-11-10-20(13-34)31-25(38)15-35(29(41)47-17-19-4-8-22(9-5-19)37(44)45)27(30)32-28(40)46-16-18-2-6-21(7-3-18)36(42)43/h2-9,20,23-24,48H,10-17H2,1H3,(H,31,38)(H2,30,32,40)/t20-,23-,24-/m0/s1. The van der Waals surface area contributed by atoms with E-state index in [0.717, 1.165) is 0 Å². The second-order valence-corrected chi connectivity index (χ2v) is 12.0. The maximum atomic E-state index is 13.1. The second-order valence-electron chi connectivity index (χ2n) is 11.2. The first kappa shape index (κ1) is 35.6. The van der Waals surface area contributed by atoms with Gasteiger partial charge in [0.1, 0.15) is 19.8 Å². The van der Waals surface area contributed by atoms with Crippen LogP contribution in [0.4, 0.5) is 21.0 Å². The Balaban J connectivity index is 1.36. The van der Waals surface area contributed by atoms with E-state index in [1.165, 1.54) is 48.5 Å². The molecule has 0 radical (unpaired) electrons. The highest BCUT2D eigenvalue weighted by atomic mass is 32.1. The van der Waals surface area contributed by atoms with Crippen LogP contribution in [-0.4, -0.2) is 105 Å². The van der Waals surface area contributed by atoms with E-state index < -0.39 is 46.5 Å². The number of hydrogen-bond donors (Lipinski definition) is 4. The van der Waals surface area contributed by atoms with Crippen LogP contribution in [0, 0.1) is 25.6 Å². The number of non-ortho nitro benzene ring substituents is 2. The first-order valence-electron chi connectivity index (χ1n) is 14.7. The van der Waals surface area contributed by atoms with Gasteiger partial charge in [0, 0.05) is 55.2 Å². The summed E-state index contributed by atoms with van der Waals surface area (Å²) >= 11 is 4.47. The van der Waals surface area contributed by atoms with Gasteiger partial charge in [-0.2, -0.15) is 12.6 Å². The van der Waals surface area contributed by atoms with E-state index in [2.05, 4.69) is 23.3 Å². The monoisotopic (exact) mass is 686 g/mol. The number of likely N-dealkylation sites (N-methyl/N-ethyl adjacent to an activating group) is 1. The maximum absolute atomic E-state index is 13.1. The van der Waals surface area contributed by atoms with Gasteiger partial charge >= 0.3 is 12.2 Å². The molecule has 19 heteroatoms. The smallest absolute Gasteiger partial charge is 0.417 e. The fourth-order valence-electron chi connectivity index (χ4n) is 5.20. The molecule has 2 aliphatic rings. The van der Waals surface area contributed by atoms with Crippen molar-refractivity contribution in [2.24, 2.45) is 0 Å². The van der Waals surface area contributed by atoms with Gasteiger partial charge in [0.05, 0.1) is 15.9 Å². The zero-order valence-electron chi connectivity index (χ0n) is 25.8. The lowest BCUT2D eigenvalue weighted by molar-refractivity contribution is -0.385. The molecule has 18 nitrogen and oxygen atoms in total. The number of alkyl carbamates (subject to hydrolysis) is 1. The first-order chi connectivity index (χ1) is 22.8. The highest BCUT2D eigenvalue weighted by molar-refractivity contribution is 7.81. The molecule has 0 aliphatic carbocycles. The Labute approximate surface area is 279 Å². The van der Waals surface area contributed by atoms with Crippen molar-refractivity contribution in [2.75, 3.05) is 33.2 Å². The summed E-state index contributed by atoms with van der Waals surface area (Å²) in [6, 6.07) is 9.66. The molecular formula is C29H34N8O10S. The number of rotatable bonds is 10. The number of guanidine groups is 1. The molecule has 2 fully saturated rings. The summed E-state index contributed by atoms with van der Waals surface area (Å²) in [5, 5.41) is 35.0. The van der Waals surface area contributed by atoms with Crippen LogP contribution in [0.25, 0.3) is 0 Å². The van der Waals surface area contributed by atoms with Crippen LogP contribution < -0.4 is 10.6 Å². The topological polar surface area (TPSA) is 231 Å². The van der Waals surface area contributed by atoms with Gasteiger partial charge < -0.3 is 19.7 Å². The normalized spacial score (nSPS) is 18.9. The van der Waals surface area contributed by atoms with E-state index in [0.29, 0.717) is 42.0 Å². The zero-order chi connectivity index (χ0) is 35.0. The molecule has 0 saturated carbocycles. The van der Waals surface area contributed by atoms with Crippen LogP contribution in [0.3, 0.4) is 0 Å². The zero-order valence-corrected chi connectivity index (χ0v) is 26.7. The SMILES string of the molecule is CN1C[C@@H](S)C[C@H]1C(=O)N1CC[C@H](NC(=O)CN(C(=N)NC(=O)OCc2ccc([N+](=O)[O-])cc2)C(=O)OCc2ccc([N+](=O)[O-])cc2)C1. The number of carbonyl (C=O) groups is 4. The van der Waals surface area contributed by atoms with Crippen molar-refractivity contribution >= 4 is 54.0 Å². The van der Waals surface area contributed by atoms with E-state index >= 15 is 0 Å². The molecule has 2 aromatic carbocycles. The Morgan fingerprint density at radius 1 is 0.958 bits per heavy atom. The van der Waals surface area contributed by atoms with Gasteiger partial charge in [-0.1, -0.05) is 0 Å². The molecule has 2 aromatic rings. The van der Waals surface area contributed by atoms with Gasteiger partial charge in [-0.3, -0.25) is 45.4 Å². The third kappa shape index (κ3) is 9.61. The lowest BCUT2D eigenvalue weighted by Gasteiger charge is -2.25. The number of nitro benzene ring substituents is 2. The minimum atomic E-state index is -1.18. The largest absolute Gasteiger partial charge is 0.444 e. The van der Waals surface area contributed by atoms with Crippen LogP contribution in [0.1, 0.15) is 24.0 Å². The number of likely N-dealkylation sites (tertiary alicyclic amines) is 2. The Hall–Kier alpha value is -5.30. The maximum Gasteiger partial charge on any atom is 0.417 e. The van der Waals surface area contributed by atoms with E-state index in [1.54, 1.807) is 4.90 Å². The third-order valence-corrected chi connectivity index (χ3v) is 8.09. The minimum absolute atomic E-state index is 0.0551. The number of thiol groups is 1. The van der Waals surface area contributed by atoms with Crippen molar-refractivity contribution in [2.45, 2.75) is 43.4 Å². The van der Waals surface area contributed by atoms with Gasteiger partial charge in [0.25, 0.3) is 11.4 Å². The lowest BCUT2D eigenvalue weighted by Crippen LogP contribution is -2.52. The molecule has 2 aliphatic heterocycles. The molecule has 256 valence electrons. The lowest BCUT2D eigenvalue weighted by atomic mass is 10.2. The molecule has 0 spiro atoms. The quantitative estimate of drug-likeness (QED) is 0.0929. The van der Waals surface area contributed by atoms with Gasteiger partial charge in [0.2, 0.25) is 17.8 Å². The first-order valence-corrected chi connectivity index (χ1v) is 15.2. The molecule has 0 bridgehead atoms. The number of ether oxygens (including phenoxy) is 2. The molecule has 0 unspecified atom stereocenters. The average Bonchev–Trinajstić information content (AvgIpc) is 3.66. The summed E-state index contributed by atoms with van der Waals surface area (Å²) in [5.41, 5.74) is 0.467. The van der Waals surface area contributed by atoms with Crippen LogP contribution in [-0.2, 0) is 32.3 Å². The molecule has 48 heavy (non-hydrogen) atoms. The summed E-state index contributed by atoms with van der Waals surface area (Å²) in [5.74, 6) is -1.59. The van der Waals surface area contributed by atoms with Crippen molar-refractivity contribution in [1.29, 1.82) is 5.41 Å². The molecule has 4 rings (SSSR count). The van der Waals surface area contributed by atoms with E-state index in [1.807, 2.05) is 11.9 Å². The van der Waals surface area contributed by atoms with Crippen molar-refractivity contribution in [3.63, 3.8) is 0 Å². The van der Waals surface area contributed by atoms with Gasteiger partial charge in [-0.15, -0.1) is 0 Å². The van der Waals surface area contributed by atoms with E-state index in [4.69, 9.17) is 14.9 Å². The molecular weight excluding hydrogens is 652 g/mol. The Bertz CT molecular complexity index is 1560. The number of nitrogens with zero attached hydrogens (tertiary/aromatic N) is 5. The molecule has 4 amide bonds. The fraction of sp³-hybridized carbons (Fsp3) is 0.414. The van der Waals surface area contributed by atoms with Gasteiger partial charge in [-0.25, -0.2) is 14.5 Å². The van der Waals surface area contributed by atoms with Crippen LogP contribution in [0.2, 0.25) is 0 Å². The number of benzene rings is 2. The fourth-order valence-corrected chi connectivity index (χ4v) is 5.66. The Kier molecular flexibility index (Phi) is 11.9. The number of nitro groups is 2. The summed E-state index contributed by atoms with van der Waals surface area (Å²) in [6.45, 7) is -0.0582. The van der Waals surface area contributed by atoms with Crippen molar-refractivity contribution in [3.05, 3.63) is 79.9 Å². The third-order valence-electron chi connectivity index (χ3n) is 7.72. The van der Waals surface area contributed by atoms with Gasteiger partial charge in [0.15, 0.2) is 0 Å². The number of hydrogen-bond acceptors (Lipinski definition) is 13. The summed E-state index contributed by atoms with van der Waals surface area (Å²) in [6.07, 6.45) is -1.25. The predicted molar refractivity (Wildman–Crippen MR) is 171 cm³/mol. The molecule has 2 saturated heterocycles. The number of carbonyl (C=O) groups excluding carboxylic acids is 4. The molecule has 2 heterocycles. The van der Waals surface area contributed by atoms with Crippen molar-refractivity contribution in [1.82, 2.24) is 25.3 Å². The van der Waals surface area contributed by atoms with E-state index in [-0.39, 0.29) is 48.3 Å². The van der Waals surface area contributed by atoms with Crippen LogP contribution in [0.15, 0.2) is 48.5 Å². The van der Waals surface area contributed by atoms with Crippen molar-refractivity contribution < 1.29 is 38.5 Å². The number of nitrogens with one attached hydrogen (secondary N) is 3. The summed E-state index contributed by atoms with van der Waals surface area (Å²) in [4.78, 5) is 76.4. The Morgan fingerprint density at radius 3 is 2.04 bits per heavy atom. The van der Waals surface area contributed by atoms with Gasteiger partial charge in [-0.05, 0) is 55.3 Å². The highest BCUT2D eigenvalue weighted by Crippen LogP contribution is 2.23. The highest BCUT2D eigenvalue weighted by Gasteiger charge is 2.38. The Morgan fingerprint density at radius 2 is 1.52 bits per heavy atom. The van der Waals surface area contributed by atoms with Crippen LogP contribution in [0.5, 0.6) is 0 Å². The van der Waals surface area contributed by atoms with E-state index in [9.17, 15) is 39.4 Å². The summed E-state index contributed by atoms with van der Waals surface area (Å²) in [7, 11) is 1.86. The summed E-state index contributed by atoms with van der Waals surface area (Å²) < 4.78 is 10.3. The number of amides is 4.